The Bertz CT molecular complexity index is 547. The molecule has 4 heteroatoms. The van der Waals surface area contributed by atoms with Crippen molar-refractivity contribution in [3.8, 4) is 16.3 Å². The average molecular weight is 260 g/mol. The van der Waals surface area contributed by atoms with Crippen LogP contribution in [0.4, 0.5) is 0 Å². The molecule has 1 aromatic carbocycles. The van der Waals surface area contributed by atoms with E-state index in [9.17, 15) is 0 Å². The standard InChI is InChI=1S/C14H16N2OS/c1-17-10-7-5-9(6-8-10)14-16-12-4-2-3-11(15)13(12)18-14/h5-8,11H,2-4,15H2,1H3/t11-/m1/s1. The van der Waals surface area contributed by atoms with Gasteiger partial charge in [0.25, 0.3) is 0 Å². The zero-order valence-electron chi connectivity index (χ0n) is 10.3. The predicted octanol–water partition coefficient (Wildman–Crippen LogP) is 3.15. The highest BCUT2D eigenvalue weighted by atomic mass is 32.1. The zero-order chi connectivity index (χ0) is 12.5. The van der Waals surface area contributed by atoms with Gasteiger partial charge in [-0.1, -0.05) is 0 Å². The second kappa shape index (κ2) is 4.71. The van der Waals surface area contributed by atoms with Gasteiger partial charge in [-0.3, -0.25) is 0 Å². The van der Waals surface area contributed by atoms with E-state index in [4.69, 9.17) is 15.5 Å². The summed E-state index contributed by atoms with van der Waals surface area (Å²) in [5, 5.41) is 1.07. The topological polar surface area (TPSA) is 48.1 Å². The lowest BCUT2D eigenvalue weighted by Crippen LogP contribution is -2.15. The lowest BCUT2D eigenvalue weighted by molar-refractivity contribution is 0.415. The molecule has 0 radical (unpaired) electrons. The summed E-state index contributed by atoms with van der Waals surface area (Å²) in [6.45, 7) is 0. The Kier molecular flexibility index (Phi) is 3.06. The van der Waals surface area contributed by atoms with Crippen molar-refractivity contribution in [2.75, 3.05) is 7.11 Å². The quantitative estimate of drug-likeness (QED) is 0.902. The number of nitrogens with zero attached hydrogens (tertiary/aromatic N) is 1. The summed E-state index contributed by atoms with van der Waals surface area (Å²) >= 11 is 1.73. The third-order valence-electron chi connectivity index (χ3n) is 3.33. The van der Waals surface area contributed by atoms with Crippen LogP contribution in [0.15, 0.2) is 24.3 Å². The van der Waals surface area contributed by atoms with Gasteiger partial charge in [-0.25, -0.2) is 4.98 Å². The van der Waals surface area contributed by atoms with Gasteiger partial charge >= 0.3 is 0 Å². The van der Waals surface area contributed by atoms with Crippen molar-refractivity contribution in [2.45, 2.75) is 25.3 Å². The summed E-state index contributed by atoms with van der Waals surface area (Å²) in [4.78, 5) is 6.00. The van der Waals surface area contributed by atoms with Crippen molar-refractivity contribution in [1.29, 1.82) is 0 Å². The fourth-order valence-electron chi connectivity index (χ4n) is 2.31. The van der Waals surface area contributed by atoms with Crippen LogP contribution in [0.25, 0.3) is 10.6 Å². The van der Waals surface area contributed by atoms with E-state index >= 15 is 0 Å². The van der Waals surface area contributed by atoms with E-state index in [1.165, 1.54) is 10.6 Å². The number of hydrogen-bond donors (Lipinski definition) is 1. The van der Waals surface area contributed by atoms with E-state index in [2.05, 4.69) is 12.1 Å². The molecule has 1 heterocycles. The van der Waals surface area contributed by atoms with E-state index < -0.39 is 0 Å². The first-order valence-electron chi connectivity index (χ1n) is 6.17. The first-order chi connectivity index (χ1) is 8.78. The summed E-state index contributed by atoms with van der Waals surface area (Å²) in [6.07, 6.45) is 3.30. The van der Waals surface area contributed by atoms with Gasteiger partial charge in [-0.05, 0) is 43.5 Å². The van der Waals surface area contributed by atoms with Gasteiger partial charge in [0, 0.05) is 16.5 Å². The fourth-order valence-corrected chi connectivity index (χ4v) is 3.46. The monoisotopic (exact) mass is 260 g/mol. The minimum Gasteiger partial charge on any atom is -0.497 e. The van der Waals surface area contributed by atoms with Crippen LogP contribution in [0, 0.1) is 0 Å². The third-order valence-corrected chi connectivity index (χ3v) is 4.61. The summed E-state index contributed by atoms with van der Waals surface area (Å²) in [5.41, 5.74) is 8.47. The first-order valence-corrected chi connectivity index (χ1v) is 6.99. The molecular formula is C14H16N2OS. The summed E-state index contributed by atoms with van der Waals surface area (Å²) in [5.74, 6) is 0.872. The molecule has 0 aliphatic heterocycles. The SMILES string of the molecule is COc1ccc(-c2nc3c(s2)[C@H](N)CCC3)cc1. The Hall–Kier alpha value is -1.39. The lowest BCUT2D eigenvalue weighted by atomic mass is 9.99. The molecule has 0 saturated heterocycles. The predicted molar refractivity (Wildman–Crippen MR) is 74.0 cm³/mol. The van der Waals surface area contributed by atoms with Crippen molar-refractivity contribution in [1.82, 2.24) is 4.98 Å². The second-order valence-corrected chi connectivity index (χ2v) is 5.59. The summed E-state index contributed by atoms with van der Waals surface area (Å²) < 4.78 is 5.17. The number of thiazole rings is 1. The molecule has 0 amide bonds. The Balaban J connectivity index is 1.96. The van der Waals surface area contributed by atoms with E-state index in [1.807, 2.05) is 12.1 Å². The number of aromatic nitrogens is 1. The lowest BCUT2D eigenvalue weighted by Gasteiger charge is -2.15. The molecule has 1 aliphatic carbocycles. The molecule has 1 aliphatic rings. The highest BCUT2D eigenvalue weighted by Crippen LogP contribution is 2.36. The average Bonchev–Trinajstić information content (AvgIpc) is 2.84. The molecule has 2 N–H and O–H groups in total. The van der Waals surface area contributed by atoms with Gasteiger partial charge in [0.15, 0.2) is 0 Å². The smallest absolute Gasteiger partial charge is 0.123 e. The van der Waals surface area contributed by atoms with Gasteiger partial charge in [0.1, 0.15) is 10.8 Å². The maximum Gasteiger partial charge on any atom is 0.123 e. The fraction of sp³-hybridized carbons (Fsp3) is 0.357. The molecule has 0 spiro atoms. The second-order valence-electron chi connectivity index (χ2n) is 4.56. The minimum atomic E-state index is 0.179. The molecule has 1 aromatic heterocycles. The van der Waals surface area contributed by atoms with Crippen LogP contribution >= 0.6 is 11.3 Å². The van der Waals surface area contributed by atoms with Crippen LogP contribution in [-0.4, -0.2) is 12.1 Å². The Morgan fingerprint density at radius 2 is 2.11 bits per heavy atom. The number of aryl methyl sites for hydroxylation is 1. The van der Waals surface area contributed by atoms with Crippen molar-refractivity contribution in [3.05, 3.63) is 34.8 Å². The minimum absolute atomic E-state index is 0.179. The number of ether oxygens (including phenoxy) is 1. The molecular weight excluding hydrogens is 244 g/mol. The number of nitrogens with two attached hydrogens (primary N) is 1. The van der Waals surface area contributed by atoms with Crippen LogP contribution in [-0.2, 0) is 6.42 Å². The van der Waals surface area contributed by atoms with Gasteiger partial charge in [-0.2, -0.15) is 0 Å². The Morgan fingerprint density at radius 1 is 1.33 bits per heavy atom. The number of fused-ring (bicyclic) bond motifs is 1. The van der Waals surface area contributed by atoms with Crippen molar-refractivity contribution in [2.24, 2.45) is 5.73 Å². The molecule has 0 bridgehead atoms. The van der Waals surface area contributed by atoms with Gasteiger partial charge in [0.2, 0.25) is 0 Å². The maximum atomic E-state index is 6.13. The van der Waals surface area contributed by atoms with Gasteiger partial charge < -0.3 is 10.5 Å². The normalized spacial score (nSPS) is 18.4. The van der Waals surface area contributed by atoms with Crippen LogP contribution in [0.5, 0.6) is 5.75 Å². The highest BCUT2D eigenvalue weighted by Gasteiger charge is 2.21. The Labute approximate surface area is 111 Å². The summed E-state index contributed by atoms with van der Waals surface area (Å²) in [6, 6.07) is 8.22. The van der Waals surface area contributed by atoms with E-state index in [1.54, 1.807) is 18.4 Å². The number of methoxy groups -OCH3 is 1. The number of benzene rings is 1. The van der Waals surface area contributed by atoms with Gasteiger partial charge in [0.05, 0.1) is 12.8 Å². The van der Waals surface area contributed by atoms with Crippen LogP contribution < -0.4 is 10.5 Å². The van der Waals surface area contributed by atoms with Gasteiger partial charge in [-0.15, -0.1) is 11.3 Å². The number of hydrogen-bond acceptors (Lipinski definition) is 4. The largest absolute Gasteiger partial charge is 0.497 e. The summed E-state index contributed by atoms with van der Waals surface area (Å²) in [7, 11) is 1.68. The van der Waals surface area contributed by atoms with Crippen LogP contribution in [0.2, 0.25) is 0 Å². The molecule has 0 fully saturated rings. The number of rotatable bonds is 2. The highest BCUT2D eigenvalue weighted by molar-refractivity contribution is 7.15. The van der Waals surface area contributed by atoms with Crippen molar-refractivity contribution in [3.63, 3.8) is 0 Å². The van der Waals surface area contributed by atoms with E-state index in [-0.39, 0.29) is 6.04 Å². The molecule has 18 heavy (non-hydrogen) atoms. The molecule has 94 valence electrons. The first kappa shape index (κ1) is 11.7. The van der Waals surface area contributed by atoms with Crippen molar-refractivity contribution >= 4 is 11.3 Å². The Morgan fingerprint density at radius 3 is 2.78 bits per heavy atom. The molecule has 0 unspecified atom stereocenters. The molecule has 3 nitrogen and oxygen atoms in total. The zero-order valence-corrected chi connectivity index (χ0v) is 11.2. The third kappa shape index (κ3) is 2.02. The van der Waals surface area contributed by atoms with Crippen molar-refractivity contribution < 1.29 is 4.74 Å². The molecule has 0 saturated carbocycles. The maximum absolute atomic E-state index is 6.13. The van der Waals surface area contributed by atoms with E-state index in [0.29, 0.717) is 0 Å². The molecule has 1 atom stereocenters. The molecule has 2 aromatic rings. The van der Waals surface area contributed by atoms with Crippen LogP contribution in [0.3, 0.4) is 0 Å². The van der Waals surface area contributed by atoms with E-state index in [0.717, 1.165) is 35.6 Å². The molecule has 3 rings (SSSR count). The van der Waals surface area contributed by atoms with Crippen LogP contribution in [0.1, 0.15) is 29.5 Å².